The summed E-state index contributed by atoms with van der Waals surface area (Å²) in [5, 5.41) is 15.5. The Bertz CT molecular complexity index is 1360. The molecular formula is C35H46Cl3N3O5. The number of benzene rings is 2. The number of piperidine rings is 1. The average Bonchev–Trinajstić information content (AvgIpc) is 3.01. The van der Waals surface area contributed by atoms with Gasteiger partial charge in [-0.05, 0) is 75.6 Å². The van der Waals surface area contributed by atoms with Gasteiger partial charge in [0.2, 0.25) is 5.91 Å². The van der Waals surface area contributed by atoms with E-state index in [1.165, 1.54) is 12.8 Å². The quantitative estimate of drug-likeness (QED) is 0.265. The van der Waals surface area contributed by atoms with Crippen LogP contribution in [-0.4, -0.2) is 55.9 Å². The lowest BCUT2D eigenvalue weighted by atomic mass is 9.75. The first-order valence-corrected chi connectivity index (χ1v) is 17.4. The van der Waals surface area contributed by atoms with Gasteiger partial charge in [0.15, 0.2) is 6.29 Å². The third-order valence-electron chi connectivity index (χ3n) is 9.50. The number of amides is 2. The van der Waals surface area contributed by atoms with Crippen LogP contribution in [0.3, 0.4) is 0 Å². The van der Waals surface area contributed by atoms with Crippen molar-refractivity contribution in [3.63, 3.8) is 0 Å². The van der Waals surface area contributed by atoms with E-state index in [1.807, 2.05) is 51.1 Å². The number of nitrogens with zero attached hydrogens (tertiary/aromatic N) is 1. The van der Waals surface area contributed by atoms with Crippen LogP contribution >= 0.6 is 34.8 Å². The van der Waals surface area contributed by atoms with Crippen molar-refractivity contribution in [3.8, 4) is 0 Å². The Kier molecular flexibility index (Phi) is 11.3. The molecule has 8 nitrogen and oxygen atoms in total. The number of nitrogens with one attached hydrogen (secondary N) is 2. The van der Waals surface area contributed by atoms with E-state index in [1.54, 1.807) is 18.2 Å². The molecule has 0 bridgehead atoms. The maximum Gasteiger partial charge on any atom is 0.276 e. The first kappa shape index (κ1) is 35.4. The molecule has 46 heavy (non-hydrogen) atoms. The molecule has 2 aliphatic heterocycles. The summed E-state index contributed by atoms with van der Waals surface area (Å²) in [4.78, 5) is 28.6. The lowest BCUT2D eigenvalue weighted by molar-refractivity contribution is -0.278. The van der Waals surface area contributed by atoms with Crippen LogP contribution in [0.2, 0.25) is 0 Å². The predicted octanol–water partition coefficient (Wildman–Crippen LogP) is 7.22. The molecule has 0 spiro atoms. The first-order valence-electron chi connectivity index (χ1n) is 16.3. The lowest BCUT2D eigenvalue weighted by Gasteiger charge is -2.51. The van der Waals surface area contributed by atoms with Gasteiger partial charge < -0.3 is 25.2 Å². The highest BCUT2D eigenvalue weighted by Crippen LogP contribution is 2.44. The van der Waals surface area contributed by atoms with Gasteiger partial charge in [0.05, 0.1) is 24.9 Å². The Balaban J connectivity index is 1.47. The second kappa shape index (κ2) is 14.7. The summed E-state index contributed by atoms with van der Waals surface area (Å²) in [5.74, 6) is -0.182. The largest absolute Gasteiger partial charge is 0.392 e. The molecule has 0 radical (unpaired) electrons. The number of hydrogen-bond donors (Lipinski definition) is 3. The smallest absolute Gasteiger partial charge is 0.276 e. The van der Waals surface area contributed by atoms with Crippen molar-refractivity contribution in [2.75, 3.05) is 11.9 Å². The molecular weight excluding hydrogens is 649 g/mol. The molecule has 3 fully saturated rings. The first-order chi connectivity index (χ1) is 21.7. The number of halogens is 3. The van der Waals surface area contributed by atoms with E-state index < -0.39 is 16.0 Å². The molecule has 3 N–H and O–H groups in total. The van der Waals surface area contributed by atoms with Gasteiger partial charge in [-0.15, -0.1) is 0 Å². The number of hydrogen-bond acceptors (Lipinski definition) is 6. The topological polar surface area (TPSA) is 100 Å². The molecule has 11 heteroatoms. The van der Waals surface area contributed by atoms with Gasteiger partial charge in [0.25, 0.3) is 9.70 Å². The molecule has 1 saturated carbocycles. The predicted molar refractivity (Wildman–Crippen MR) is 182 cm³/mol. The van der Waals surface area contributed by atoms with Crippen LogP contribution in [0.4, 0.5) is 5.69 Å². The fraction of sp³-hybridized carbons (Fsp3) is 0.600. The third-order valence-corrected chi connectivity index (χ3v) is 10.0. The van der Waals surface area contributed by atoms with E-state index in [-0.39, 0.29) is 42.2 Å². The Morgan fingerprint density at radius 2 is 1.67 bits per heavy atom. The summed E-state index contributed by atoms with van der Waals surface area (Å²) in [6.07, 6.45) is 5.17. The van der Waals surface area contributed by atoms with Crippen LogP contribution in [0.25, 0.3) is 0 Å². The zero-order chi connectivity index (χ0) is 33.2. The number of carbonyl (C=O) groups excluding carboxylic acids is 2. The molecule has 1 aliphatic carbocycles. The second-order valence-electron chi connectivity index (χ2n) is 14.0. The van der Waals surface area contributed by atoms with Crippen LogP contribution in [0.15, 0.2) is 48.5 Å². The summed E-state index contributed by atoms with van der Waals surface area (Å²) in [5.41, 5.74) is 2.60. The second-order valence-corrected chi connectivity index (χ2v) is 16.3. The van der Waals surface area contributed by atoms with Crippen molar-refractivity contribution in [1.29, 1.82) is 0 Å². The molecule has 3 aliphatic rings. The van der Waals surface area contributed by atoms with Gasteiger partial charge in [0, 0.05) is 35.3 Å². The molecule has 0 aromatic heterocycles. The number of anilines is 1. The Morgan fingerprint density at radius 1 is 0.957 bits per heavy atom. The number of carbonyl (C=O) groups is 2. The highest BCUT2D eigenvalue weighted by atomic mass is 35.6. The van der Waals surface area contributed by atoms with E-state index >= 15 is 0 Å². The van der Waals surface area contributed by atoms with Crippen molar-refractivity contribution in [2.45, 2.75) is 113 Å². The summed E-state index contributed by atoms with van der Waals surface area (Å²) < 4.78 is 11.3. The van der Waals surface area contributed by atoms with Crippen LogP contribution in [-0.2, 0) is 25.7 Å². The van der Waals surface area contributed by atoms with Gasteiger partial charge in [-0.3, -0.25) is 14.5 Å². The van der Waals surface area contributed by atoms with E-state index in [9.17, 15) is 14.7 Å². The minimum Gasteiger partial charge on any atom is -0.392 e. The summed E-state index contributed by atoms with van der Waals surface area (Å²) in [7, 11) is 0. The minimum atomic E-state index is -2.11. The number of ether oxygens (including phenoxy) is 2. The normalized spacial score (nSPS) is 29.1. The monoisotopic (exact) mass is 693 g/mol. The van der Waals surface area contributed by atoms with E-state index in [0.29, 0.717) is 29.8 Å². The van der Waals surface area contributed by atoms with Gasteiger partial charge in [-0.2, -0.15) is 0 Å². The van der Waals surface area contributed by atoms with Gasteiger partial charge in [-0.1, -0.05) is 91.0 Å². The van der Waals surface area contributed by atoms with Crippen molar-refractivity contribution < 1.29 is 24.2 Å². The molecule has 7 atom stereocenters. The summed E-state index contributed by atoms with van der Waals surface area (Å²) in [6, 6.07) is 15.0. The van der Waals surface area contributed by atoms with Gasteiger partial charge >= 0.3 is 0 Å². The summed E-state index contributed by atoms with van der Waals surface area (Å²) in [6.45, 7) is 8.73. The Morgan fingerprint density at radius 3 is 2.35 bits per heavy atom. The van der Waals surface area contributed by atoms with Crippen LogP contribution in [0.1, 0.15) is 95.3 Å². The van der Waals surface area contributed by atoms with Crippen molar-refractivity contribution in [1.82, 2.24) is 10.2 Å². The number of fused-ring (bicyclic) bond motifs is 1. The van der Waals surface area contributed by atoms with E-state index in [2.05, 4.69) is 22.5 Å². The van der Waals surface area contributed by atoms with Crippen molar-refractivity contribution >= 4 is 52.3 Å². The van der Waals surface area contributed by atoms with Gasteiger partial charge in [0.1, 0.15) is 0 Å². The molecule has 2 amide bonds. The van der Waals surface area contributed by atoms with Crippen LogP contribution in [0, 0.1) is 11.8 Å². The third kappa shape index (κ3) is 8.56. The Hall–Kier alpha value is -1.91. The number of likely N-dealkylation sites (tertiary alicyclic amines) is 1. The fourth-order valence-electron chi connectivity index (χ4n) is 7.23. The maximum absolute atomic E-state index is 13.7. The fourth-order valence-corrected chi connectivity index (χ4v) is 7.37. The standard InChI is InChI=1S/C35H46Cl3N3O5/c1-21-29(19-41-27-11-6-5-8-23(27)16-17-28(41)31(43)40-34(2,3)4)45-32(46-30(21)24-14-12-22(20-42)13-15-24)25-9-7-10-26(18-25)39-33(44)35(36,37)38/h7,9-10,12-15,18,21,23,27-30,32,42H,5-6,8,11,16-17,19-20H2,1-4H3,(H,39,44)(H,40,43)/t21-,23-,27-,28-,29+,30+,32+/m1/s1. The minimum absolute atomic E-state index is 0.0437. The lowest BCUT2D eigenvalue weighted by Crippen LogP contribution is -2.61. The SMILES string of the molecule is C[C@@H]1[C@H](CN2[C@@H](C(=O)NC(C)(C)C)CC[C@H]3CCCC[C@H]32)O[C@H](c2cccc(NC(=O)C(Cl)(Cl)Cl)c2)O[C@@H]1c1ccc(CO)cc1. The molecule has 2 saturated heterocycles. The number of aliphatic hydroxyl groups is 1. The zero-order valence-electron chi connectivity index (χ0n) is 27.0. The van der Waals surface area contributed by atoms with E-state index in [4.69, 9.17) is 44.3 Å². The maximum atomic E-state index is 13.7. The molecule has 2 aromatic rings. The van der Waals surface area contributed by atoms with Crippen molar-refractivity contribution in [2.24, 2.45) is 11.8 Å². The average molecular weight is 695 g/mol. The number of aliphatic hydroxyl groups excluding tert-OH is 1. The Labute approximate surface area is 287 Å². The highest BCUT2D eigenvalue weighted by molar-refractivity contribution is 6.76. The highest BCUT2D eigenvalue weighted by Gasteiger charge is 2.46. The van der Waals surface area contributed by atoms with E-state index in [0.717, 1.165) is 36.8 Å². The summed E-state index contributed by atoms with van der Waals surface area (Å²) >= 11 is 17.4. The molecule has 0 unspecified atom stereocenters. The van der Waals surface area contributed by atoms with Crippen LogP contribution in [0.5, 0.6) is 0 Å². The molecule has 2 aromatic carbocycles. The molecule has 252 valence electrons. The van der Waals surface area contributed by atoms with Gasteiger partial charge in [-0.25, -0.2) is 0 Å². The molecule has 5 rings (SSSR count). The zero-order valence-corrected chi connectivity index (χ0v) is 29.2. The number of rotatable bonds is 7. The van der Waals surface area contributed by atoms with Crippen LogP contribution < -0.4 is 10.6 Å². The number of alkyl halides is 3. The van der Waals surface area contributed by atoms with Crippen molar-refractivity contribution in [3.05, 3.63) is 65.2 Å². The molecule has 2 heterocycles.